The largest absolute Gasteiger partial charge is 0.480 e. The topological polar surface area (TPSA) is 66.4 Å². The van der Waals surface area contributed by atoms with Crippen LogP contribution in [0.5, 0.6) is 0 Å². The summed E-state index contributed by atoms with van der Waals surface area (Å²) in [7, 11) is 0. The molecule has 0 spiro atoms. The first-order valence-corrected chi connectivity index (χ1v) is 6.13. The number of rotatable bonds is 5. The van der Waals surface area contributed by atoms with E-state index < -0.39 is 12.0 Å². The van der Waals surface area contributed by atoms with Crippen LogP contribution in [-0.4, -0.2) is 23.0 Å². The van der Waals surface area contributed by atoms with Gasteiger partial charge in [-0.15, -0.1) is 0 Å². The molecule has 0 fully saturated rings. The molecule has 0 aliphatic carbocycles. The summed E-state index contributed by atoms with van der Waals surface area (Å²) in [6.07, 6.45) is 1.12. The Bertz CT molecular complexity index is 420. The van der Waals surface area contributed by atoms with Crippen molar-refractivity contribution in [3.63, 3.8) is 0 Å². The molecular formula is C12H14BrNO3. The molecule has 0 bridgehead atoms. The second kappa shape index (κ2) is 6.39. The Kier molecular flexibility index (Phi) is 5.15. The molecule has 5 heteroatoms. The fourth-order valence-electron chi connectivity index (χ4n) is 1.43. The molecule has 1 aromatic rings. The average molecular weight is 300 g/mol. The monoisotopic (exact) mass is 299 g/mol. The van der Waals surface area contributed by atoms with Gasteiger partial charge in [0.2, 0.25) is 0 Å². The third kappa shape index (κ3) is 3.85. The number of carbonyl (C=O) groups excluding carboxylic acids is 1. The van der Waals surface area contributed by atoms with Crippen molar-refractivity contribution in [3.05, 3.63) is 34.3 Å². The molecule has 92 valence electrons. The third-order valence-electron chi connectivity index (χ3n) is 2.30. The van der Waals surface area contributed by atoms with Crippen LogP contribution in [0.1, 0.15) is 30.1 Å². The Labute approximate surface area is 108 Å². The van der Waals surface area contributed by atoms with E-state index >= 15 is 0 Å². The van der Waals surface area contributed by atoms with Crippen molar-refractivity contribution in [2.24, 2.45) is 0 Å². The lowest BCUT2D eigenvalue weighted by atomic mass is 10.1. The molecule has 0 aromatic heterocycles. The zero-order valence-electron chi connectivity index (χ0n) is 9.44. The number of carboxylic acid groups (broad SMARTS) is 1. The second-order valence-electron chi connectivity index (χ2n) is 3.63. The molecule has 0 saturated heterocycles. The van der Waals surface area contributed by atoms with Crippen molar-refractivity contribution >= 4 is 27.8 Å². The Hall–Kier alpha value is -1.36. The Morgan fingerprint density at radius 2 is 2.06 bits per heavy atom. The van der Waals surface area contributed by atoms with Gasteiger partial charge in [0.25, 0.3) is 5.91 Å². The molecule has 0 radical (unpaired) electrons. The highest BCUT2D eigenvalue weighted by molar-refractivity contribution is 9.10. The van der Waals surface area contributed by atoms with E-state index in [-0.39, 0.29) is 5.91 Å². The zero-order chi connectivity index (χ0) is 12.8. The molecule has 0 aliphatic rings. The van der Waals surface area contributed by atoms with Crippen molar-refractivity contribution < 1.29 is 14.7 Å². The van der Waals surface area contributed by atoms with Gasteiger partial charge in [0.05, 0.1) is 5.56 Å². The summed E-state index contributed by atoms with van der Waals surface area (Å²) < 4.78 is 0.651. The highest BCUT2D eigenvalue weighted by Crippen LogP contribution is 2.15. The fourth-order valence-corrected chi connectivity index (χ4v) is 1.89. The number of hydrogen-bond donors (Lipinski definition) is 2. The number of benzene rings is 1. The average Bonchev–Trinajstić information content (AvgIpc) is 2.28. The SMILES string of the molecule is CCCC(NC(=O)c1ccccc1Br)C(=O)O. The third-order valence-corrected chi connectivity index (χ3v) is 2.99. The van der Waals surface area contributed by atoms with E-state index in [0.29, 0.717) is 22.9 Å². The smallest absolute Gasteiger partial charge is 0.326 e. The van der Waals surface area contributed by atoms with Crippen molar-refractivity contribution in [2.45, 2.75) is 25.8 Å². The van der Waals surface area contributed by atoms with Crippen molar-refractivity contribution in [1.82, 2.24) is 5.32 Å². The molecule has 0 saturated carbocycles. The van der Waals surface area contributed by atoms with Gasteiger partial charge < -0.3 is 10.4 Å². The van der Waals surface area contributed by atoms with Crippen LogP contribution in [0.3, 0.4) is 0 Å². The van der Waals surface area contributed by atoms with Gasteiger partial charge in [0.1, 0.15) is 6.04 Å². The van der Waals surface area contributed by atoms with Gasteiger partial charge in [-0.3, -0.25) is 4.79 Å². The van der Waals surface area contributed by atoms with Gasteiger partial charge in [-0.1, -0.05) is 25.5 Å². The van der Waals surface area contributed by atoms with Gasteiger partial charge >= 0.3 is 5.97 Å². The standard InChI is InChI=1S/C12H14BrNO3/c1-2-5-10(12(16)17)14-11(15)8-6-3-4-7-9(8)13/h3-4,6-7,10H,2,5H2,1H3,(H,14,15)(H,16,17). The molecule has 1 atom stereocenters. The summed E-state index contributed by atoms with van der Waals surface area (Å²) >= 11 is 3.25. The first-order chi connectivity index (χ1) is 8.06. The van der Waals surface area contributed by atoms with E-state index in [0.717, 1.165) is 0 Å². The Morgan fingerprint density at radius 1 is 1.41 bits per heavy atom. The normalized spacial score (nSPS) is 11.9. The van der Waals surface area contributed by atoms with E-state index in [1.54, 1.807) is 24.3 Å². The van der Waals surface area contributed by atoms with Crippen molar-refractivity contribution in [2.75, 3.05) is 0 Å². The Balaban J connectivity index is 2.77. The van der Waals surface area contributed by atoms with E-state index in [1.165, 1.54) is 0 Å². The van der Waals surface area contributed by atoms with Crippen LogP contribution in [-0.2, 0) is 4.79 Å². The van der Waals surface area contributed by atoms with Crippen LogP contribution in [0.2, 0.25) is 0 Å². The van der Waals surface area contributed by atoms with Crippen LogP contribution in [0.25, 0.3) is 0 Å². The van der Waals surface area contributed by atoms with Crippen LogP contribution < -0.4 is 5.32 Å². The van der Waals surface area contributed by atoms with Gasteiger partial charge in [-0.25, -0.2) is 4.79 Å². The predicted octanol–water partition coefficient (Wildman–Crippen LogP) is 2.43. The minimum atomic E-state index is -1.01. The summed E-state index contributed by atoms with van der Waals surface area (Å²) in [6, 6.07) is 6.07. The van der Waals surface area contributed by atoms with Gasteiger partial charge in [-0.05, 0) is 34.5 Å². The van der Waals surface area contributed by atoms with E-state index in [9.17, 15) is 9.59 Å². The lowest BCUT2D eigenvalue weighted by Gasteiger charge is -2.14. The second-order valence-corrected chi connectivity index (χ2v) is 4.49. The quantitative estimate of drug-likeness (QED) is 0.877. The van der Waals surface area contributed by atoms with Gasteiger partial charge in [0.15, 0.2) is 0 Å². The molecule has 1 amide bonds. The van der Waals surface area contributed by atoms with Crippen LogP contribution in [0.15, 0.2) is 28.7 Å². The lowest BCUT2D eigenvalue weighted by molar-refractivity contribution is -0.139. The van der Waals surface area contributed by atoms with Gasteiger partial charge in [-0.2, -0.15) is 0 Å². The minimum absolute atomic E-state index is 0.377. The highest BCUT2D eigenvalue weighted by atomic mass is 79.9. The van der Waals surface area contributed by atoms with E-state index in [4.69, 9.17) is 5.11 Å². The molecule has 17 heavy (non-hydrogen) atoms. The maximum absolute atomic E-state index is 11.9. The predicted molar refractivity (Wildman–Crippen MR) is 67.9 cm³/mol. The molecule has 1 aromatic carbocycles. The lowest BCUT2D eigenvalue weighted by Crippen LogP contribution is -2.40. The van der Waals surface area contributed by atoms with Gasteiger partial charge in [0, 0.05) is 4.47 Å². The first kappa shape index (κ1) is 13.7. The number of carboxylic acids is 1. The summed E-state index contributed by atoms with van der Waals surface area (Å²) in [5.41, 5.74) is 0.440. The van der Waals surface area contributed by atoms with Crippen LogP contribution in [0.4, 0.5) is 0 Å². The zero-order valence-corrected chi connectivity index (χ0v) is 11.0. The van der Waals surface area contributed by atoms with E-state index in [1.807, 2.05) is 6.92 Å². The number of halogens is 1. The summed E-state index contributed by atoms with van der Waals surface area (Å²) in [4.78, 5) is 22.8. The summed E-state index contributed by atoms with van der Waals surface area (Å²) in [6.45, 7) is 1.88. The van der Waals surface area contributed by atoms with Crippen molar-refractivity contribution in [3.8, 4) is 0 Å². The molecular weight excluding hydrogens is 286 g/mol. The first-order valence-electron chi connectivity index (χ1n) is 5.34. The number of nitrogens with one attached hydrogen (secondary N) is 1. The van der Waals surface area contributed by atoms with E-state index in [2.05, 4.69) is 21.2 Å². The number of hydrogen-bond acceptors (Lipinski definition) is 2. The van der Waals surface area contributed by atoms with Crippen LogP contribution in [0, 0.1) is 0 Å². The summed E-state index contributed by atoms with van der Waals surface area (Å²) in [5, 5.41) is 11.4. The maximum atomic E-state index is 11.9. The fraction of sp³-hybridized carbons (Fsp3) is 0.333. The molecule has 1 rings (SSSR count). The maximum Gasteiger partial charge on any atom is 0.326 e. The van der Waals surface area contributed by atoms with Crippen LogP contribution >= 0.6 is 15.9 Å². The molecule has 2 N–H and O–H groups in total. The molecule has 0 aliphatic heterocycles. The van der Waals surface area contributed by atoms with Crippen molar-refractivity contribution in [1.29, 1.82) is 0 Å². The minimum Gasteiger partial charge on any atom is -0.480 e. The number of carbonyl (C=O) groups is 2. The highest BCUT2D eigenvalue weighted by Gasteiger charge is 2.20. The number of aliphatic carboxylic acids is 1. The molecule has 0 heterocycles. The molecule has 1 unspecified atom stereocenters. The molecule has 4 nitrogen and oxygen atoms in total. The number of amides is 1. The summed E-state index contributed by atoms with van der Waals surface area (Å²) in [5.74, 6) is -1.38. The Morgan fingerprint density at radius 3 is 2.59 bits per heavy atom.